The molecule has 1 atom stereocenters. The van der Waals surface area contributed by atoms with Crippen LogP contribution in [0.25, 0.3) is 16.4 Å². The lowest BCUT2D eigenvalue weighted by Gasteiger charge is -2.10. The summed E-state index contributed by atoms with van der Waals surface area (Å²) in [4.78, 5) is 29.7. The first-order valence-electron chi connectivity index (χ1n) is 8.50. The number of hydrazine groups is 1. The van der Waals surface area contributed by atoms with Gasteiger partial charge in [0.15, 0.2) is 5.82 Å². The molecular weight excluding hydrogens is 366 g/mol. The summed E-state index contributed by atoms with van der Waals surface area (Å²) < 4.78 is 6.90. The second-order valence-corrected chi connectivity index (χ2v) is 6.88. The van der Waals surface area contributed by atoms with Crippen LogP contribution in [0.3, 0.4) is 0 Å². The summed E-state index contributed by atoms with van der Waals surface area (Å²) in [6.07, 6.45) is 0.950. The molecule has 1 unspecified atom stereocenters. The zero-order chi connectivity index (χ0) is 18.6. The lowest BCUT2D eigenvalue weighted by molar-refractivity contribution is -0.130. The Kier molecular flexibility index (Phi) is 4.95. The van der Waals surface area contributed by atoms with Crippen LogP contribution in [0.5, 0.6) is 0 Å². The Bertz CT molecular complexity index is 933. The van der Waals surface area contributed by atoms with Gasteiger partial charge >= 0.3 is 5.91 Å². The van der Waals surface area contributed by atoms with Crippen LogP contribution in [0.15, 0.2) is 47.8 Å². The fraction of sp³-hybridized carbons (Fsp3) is 0.222. The Labute approximate surface area is 159 Å². The van der Waals surface area contributed by atoms with Gasteiger partial charge < -0.3 is 4.74 Å². The van der Waals surface area contributed by atoms with Crippen molar-refractivity contribution in [3.8, 4) is 16.4 Å². The van der Waals surface area contributed by atoms with E-state index < -0.39 is 12.0 Å². The van der Waals surface area contributed by atoms with Gasteiger partial charge in [-0.25, -0.2) is 9.67 Å². The molecule has 0 spiro atoms. The zero-order valence-corrected chi connectivity index (χ0v) is 15.1. The van der Waals surface area contributed by atoms with Crippen LogP contribution in [-0.4, -0.2) is 39.3 Å². The van der Waals surface area contributed by atoms with Crippen molar-refractivity contribution < 1.29 is 14.3 Å². The van der Waals surface area contributed by atoms with Gasteiger partial charge in [0.25, 0.3) is 5.91 Å². The molecule has 4 rings (SSSR count). The number of nitrogens with zero attached hydrogens (tertiary/aromatic N) is 3. The molecule has 0 radical (unpaired) electrons. The van der Waals surface area contributed by atoms with Crippen molar-refractivity contribution >= 4 is 23.2 Å². The summed E-state index contributed by atoms with van der Waals surface area (Å²) >= 11 is 1.50. The first-order chi connectivity index (χ1) is 13.2. The van der Waals surface area contributed by atoms with Gasteiger partial charge in [0.2, 0.25) is 5.82 Å². The zero-order valence-electron chi connectivity index (χ0n) is 14.3. The number of carbonyl (C=O) groups excluding carboxylic acids is 2. The lowest BCUT2D eigenvalue weighted by atomic mass is 10.2. The van der Waals surface area contributed by atoms with Gasteiger partial charge in [-0.1, -0.05) is 24.3 Å². The van der Waals surface area contributed by atoms with Gasteiger partial charge in [0.1, 0.15) is 6.10 Å². The minimum absolute atomic E-state index is 0.0325. The Morgan fingerprint density at radius 3 is 2.70 bits per heavy atom. The summed E-state index contributed by atoms with van der Waals surface area (Å²) in [7, 11) is 0. The van der Waals surface area contributed by atoms with Crippen molar-refractivity contribution in [3.05, 3.63) is 53.7 Å². The SMILES string of the molecule is O=C(NNC(=O)C1CCCO1)c1nc(-c2cccs2)n(-c2ccccc2)n1. The van der Waals surface area contributed by atoms with Crippen molar-refractivity contribution in [1.29, 1.82) is 0 Å². The molecule has 1 aliphatic heterocycles. The highest BCUT2D eigenvalue weighted by Gasteiger charge is 2.25. The van der Waals surface area contributed by atoms with E-state index in [0.717, 1.165) is 17.0 Å². The van der Waals surface area contributed by atoms with Crippen LogP contribution >= 0.6 is 11.3 Å². The summed E-state index contributed by atoms with van der Waals surface area (Å²) in [5.41, 5.74) is 5.52. The molecule has 0 bridgehead atoms. The second-order valence-electron chi connectivity index (χ2n) is 5.93. The van der Waals surface area contributed by atoms with Crippen LogP contribution in [0, 0.1) is 0 Å². The summed E-state index contributed by atoms with van der Waals surface area (Å²) in [6, 6.07) is 13.3. The van der Waals surface area contributed by atoms with E-state index in [4.69, 9.17) is 4.74 Å². The average molecular weight is 383 g/mol. The number of para-hydroxylation sites is 1. The molecule has 1 saturated heterocycles. The van der Waals surface area contributed by atoms with Gasteiger partial charge in [-0.15, -0.1) is 16.4 Å². The standard InChI is InChI=1S/C18H17N5O3S/c24-17(13-8-4-10-26-13)20-21-18(25)15-19-16(14-9-5-11-27-14)23(22-15)12-6-2-1-3-7-12/h1-3,5-7,9,11,13H,4,8,10H2,(H,20,24)(H,21,25). The van der Waals surface area contributed by atoms with Crippen LogP contribution in [0.4, 0.5) is 0 Å². The molecule has 1 aliphatic rings. The van der Waals surface area contributed by atoms with Gasteiger partial charge in [0.05, 0.1) is 10.6 Å². The van der Waals surface area contributed by atoms with Gasteiger partial charge in [-0.05, 0) is 36.4 Å². The molecule has 138 valence electrons. The summed E-state index contributed by atoms with van der Waals surface area (Å²) in [5.74, 6) is -0.433. The van der Waals surface area contributed by atoms with E-state index in [1.54, 1.807) is 4.68 Å². The number of ether oxygens (including phenoxy) is 1. The Hall–Kier alpha value is -3.04. The fourth-order valence-electron chi connectivity index (χ4n) is 2.76. The van der Waals surface area contributed by atoms with Gasteiger partial charge in [-0.2, -0.15) is 0 Å². The van der Waals surface area contributed by atoms with E-state index in [-0.39, 0.29) is 11.7 Å². The molecule has 3 heterocycles. The maximum Gasteiger partial charge on any atom is 0.309 e. The van der Waals surface area contributed by atoms with E-state index in [1.807, 2.05) is 47.8 Å². The smallest absolute Gasteiger partial charge is 0.309 e. The van der Waals surface area contributed by atoms with Crippen LogP contribution in [0.2, 0.25) is 0 Å². The number of hydrogen-bond donors (Lipinski definition) is 2. The average Bonchev–Trinajstić information content (AvgIpc) is 3.47. The van der Waals surface area contributed by atoms with E-state index in [2.05, 4.69) is 20.9 Å². The first kappa shape index (κ1) is 17.4. The number of amides is 2. The van der Waals surface area contributed by atoms with Crippen LogP contribution in [-0.2, 0) is 9.53 Å². The molecule has 27 heavy (non-hydrogen) atoms. The van der Waals surface area contributed by atoms with E-state index >= 15 is 0 Å². The molecule has 0 saturated carbocycles. The summed E-state index contributed by atoms with van der Waals surface area (Å²) in [6.45, 7) is 0.555. The minimum atomic E-state index is -0.589. The predicted molar refractivity (Wildman–Crippen MR) is 99.3 cm³/mol. The lowest BCUT2D eigenvalue weighted by Crippen LogP contribution is -2.46. The second kappa shape index (κ2) is 7.68. The van der Waals surface area contributed by atoms with E-state index in [1.165, 1.54) is 11.3 Å². The van der Waals surface area contributed by atoms with E-state index in [0.29, 0.717) is 18.9 Å². The third kappa shape index (κ3) is 3.74. The number of thiophene rings is 1. The number of nitrogens with one attached hydrogen (secondary N) is 2. The predicted octanol–water partition coefficient (Wildman–Crippen LogP) is 1.94. The van der Waals surface area contributed by atoms with Gasteiger partial charge in [0, 0.05) is 6.61 Å². The third-order valence-corrected chi connectivity index (χ3v) is 4.94. The van der Waals surface area contributed by atoms with Crippen molar-refractivity contribution in [2.75, 3.05) is 6.61 Å². The molecule has 1 fully saturated rings. The molecule has 0 aliphatic carbocycles. The Morgan fingerprint density at radius 1 is 1.15 bits per heavy atom. The van der Waals surface area contributed by atoms with E-state index in [9.17, 15) is 9.59 Å². The maximum absolute atomic E-state index is 12.4. The number of rotatable bonds is 4. The first-order valence-corrected chi connectivity index (χ1v) is 9.38. The topological polar surface area (TPSA) is 98.1 Å². The van der Waals surface area contributed by atoms with Gasteiger partial charge in [-0.3, -0.25) is 20.4 Å². The fourth-order valence-corrected chi connectivity index (χ4v) is 3.46. The normalized spacial score (nSPS) is 16.2. The molecule has 8 nitrogen and oxygen atoms in total. The van der Waals surface area contributed by atoms with Crippen molar-refractivity contribution in [1.82, 2.24) is 25.6 Å². The highest BCUT2D eigenvalue weighted by atomic mass is 32.1. The molecule has 2 N–H and O–H groups in total. The molecule has 9 heteroatoms. The third-order valence-electron chi connectivity index (χ3n) is 4.07. The number of hydrogen-bond acceptors (Lipinski definition) is 6. The monoisotopic (exact) mass is 383 g/mol. The molecule has 3 aromatic rings. The molecule has 2 amide bonds. The Morgan fingerprint density at radius 2 is 2.00 bits per heavy atom. The van der Waals surface area contributed by atoms with Crippen molar-refractivity contribution in [2.24, 2.45) is 0 Å². The molecule has 2 aromatic heterocycles. The molecular formula is C18H17N5O3S. The Balaban J connectivity index is 1.56. The number of benzene rings is 1. The number of aromatic nitrogens is 3. The largest absolute Gasteiger partial charge is 0.368 e. The quantitative estimate of drug-likeness (QED) is 0.671. The molecule has 1 aromatic carbocycles. The van der Waals surface area contributed by atoms with Crippen molar-refractivity contribution in [3.63, 3.8) is 0 Å². The highest BCUT2D eigenvalue weighted by Crippen LogP contribution is 2.25. The summed E-state index contributed by atoms with van der Waals surface area (Å²) in [5, 5.41) is 6.26. The van der Waals surface area contributed by atoms with Crippen LogP contribution in [0.1, 0.15) is 23.5 Å². The highest BCUT2D eigenvalue weighted by molar-refractivity contribution is 7.13. The van der Waals surface area contributed by atoms with Crippen LogP contribution < -0.4 is 10.9 Å². The minimum Gasteiger partial charge on any atom is -0.368 e. The van der Waals surface area contributed by atoms with Crippen molar-refractivity contribution in [2.45, 2.75) is 18.9 Å². The maximum atomic E-state index is 12.4. The number of carbonyl (C=O) groups is 2.